The van der Waals surface area contributed by atoms with Crippen molar-refractivity contribution in [3.8, 4) is 11.4 Å². The maximum Gasteiger partial charge on any atom is 0.261 e. The third-order valence-corrected chi connectivity index (χ3v) is 4.56. The molecule has 1 N–H and O–H groups in total. The fourth-order valence-corrected chi connectivity index (χ4v) is 3.01. The number of carbonyl (C=O) groups is 1. The number of hydrogen-bond donors (Lipinski definition) is 1. The van der Waals surface area contributed by atoms with E-state index >= 15 is 0 Å². The summed E-state index contributed by atoms with van der Waals surface area (Å²) in [7, 11) is 0. The van der Waals surface area contributed by atoms with Crippen LogP contribution in [0.15, 0.2) is 60.9 Å². The average molecular weight is 363 g/mol. The molecule has 0 unspecified atom stereocenters. The van der Waals surface area contributed by atoms with Crippen molar-refractivity contribution >= 4 is 5.91 Å². The molecule has 1 amide bonds. The summed E-state index contributed by atoms with van der Waals surface area (Å²) in [6.45, 7) is 6.22. The molecule has 0 radical (unpaired) electrons. The third kappa shape index (κ3) is 4.37. The third-order valence-electron chi connectivity index (χ3n) is 4.56. The van der Waals surface area contributed by atoms with Crippen molar-refractivity contribution in [1.82, 2.24) is 14.9 Å². The zero-order valence-electron chi connectivity index (χ0n) is 16.0. The highest BCUT2D eigenvalue weighted by molar-refractivity contribution is 5.80. The van der Waals surface area contributed by atoms with Crippen molar-refractivity contribution in [2.75, 3.05) is 0 Å². The number of carbonyl (C=O) groups excluding carboxylic acids is 1. The van der Waals surface area contributed by atoms with Crippen molar-refractivity contribution in [2.45, 2.75) is 39.8 Å². The SMILES string of the molecule is CCc1ccccc1O[C@H](C)C(=O)NCc1ccccc1-n1ccnc1C. The summed E-state index contributed by atoms with van der Waals surface area (Å²) in [6, 6.07) is 15.8. The van der Waals surface area contributed by atoms with Crippen LogP contribution < -0.4 is 10.1 Å². The fraction of sp³-hybridized carbons (Fsp3) is 0.273. The Bertz CT molecular complexity index is 917. The van der Waals surface area contributed by atoms with Gasteiger partial charge in [-0.15, -0.1) is 0 Å². The lowest BCUT2D eigenvalue weighted by Gasteiger charge is -2.18. The molecule has 0 saturated carbocycles. The van der Waals surface area contributed by atoms with Gasteiger partial charge in [0.15, 0.2) is 6.10 Å². The maximum atomic E-state index is 12.5. The Morgan fingerprint density at radius 2 is 1.85 bits per heavy atom. The lowest BCUT2D eigenvalue weighted by Crippen LogP contribution is -2.36. The highest BCUT2D eigenvalue weighted by Gasteiger charge is 2.16. The second kappa shape index (κ2) is 8.54. The lowest BCUT2D eigenvalue weighted by atomic mass is 10.1. The largest absolute Gasteiger partial charge is 0.481 e. The van der Waals surface area contributed by atoms with Crippen molar-refractivity contribution in [2.24, 2.45) is 0 Å². The lowest BCUT2D eigenvalue weighted by molar-refractivity contribution is -0.127. The molecule has 140 valence electrons. The Hall–Kier alpha value is -3.08. The molecule has 1 atom stereocenters. The second-order valence-electron chi connectivity index (χ2n) is 6.41. The van der Waals surface area contributed by atoms with Gasteiger partial charge in [0.25, 0.3) is 5.91 Å². The summed E-state index contributed by atoms with van der Waals surface area (Å²) in [6.07, 6.45) is 3.98. The molecule has 0 fully saturated rings. The number of aryl methyl sites for hydroxylation is 2. The van der Waals surface area contributed by atoms with Gasteiger partial charge in [0.1, 0.15) is 11.6 Å². The van der Waals surface area contributed by atoms with E-state index in [0.29, 0.717) is 6.54 Å². The molecular weight excluding hydrogens is 338 g/mol. The first kappa shape index (κ1) is 18.7. The van der Waals surface area contributed by atoms with Crippen LogP contribution in [0, 0.1) is 6.92 Å². The quantitative estimate of drug-likeness (QED) is 0.694. The highest BCUT2D eigenvalue weighted by Crippen LogP contribution is 2.20. The molecule has 1 heterocycles. The molecule has 3 aromatic rings. The molecule has 0 saturated heterocycles. The number of imidazole rings is 1. The zero-order valence-corrected chi connectivity index (χ0v) is 16.0. The molecule has 0 aliphatic carbocycles. The van der Waals surface area contributed by atoms with Crippen molar-refractivity contribution in [1.29, 1.82) is 0 Å². The first-order chi connectivity index (χ1) is 13.1. The smallest absolute Gasteiger partial charge is 0.261 e. The number of nitrogens with one attached hydrogen (secondary N) is 1. The molecular formula is C22H25N3O2. The van der Waals surface area contributed by atoms with E-state index in [1.807, 2.05) is 66.2 Å². The Morgan fingerprint density at radius 1 is 1.15 bits per heavy atom. The zero-order chi connectivity index (χ0) is 19.2. The number of hydrogen-bond acceptors (Lipinski definition) is 3. The first-order valence-electron chi connectivity index (χ1n) is 9.20. The first-order valence-corrected chi connectivity index (χ1v) is 9.20. The number of ether oxygens (including phenoxy) is 1. The molecule has 5 heteroatoms. The van der Waals surface area contributed by atoms with Gasteiger partial charge in [0.2, 0.25) is 0 Å². The van der Waals surface area contributed by atoms with E-state index in [9.17, 15) is 4.79 Å². The minimum absolute atomic E-state index is 0.141. The van der Waals surface area contributed by atoms with E-state index in [0.717, 1.165) is 34.8 Å². The number of amides is 1. The molecule has 27 heavy (non-hydrogen) atoms. The van der Waals surface area contributed by atoms with Crippen LogP contribution in [0.1, 0.15) is 30.8 Å². The van der Waals surface area contributed by atoms with Gasteiger partial charge < -0.3 is 14.6 Å². The van der Waals surface area contributed by atoms with E-state index in [1.165, 1.54) is 0 Å². The monoisotopic (exact) mass is 363 g/mol. The average Bonchev–Trinajstić information content (AvgIpc) is 3.12. The number of nitrogens with zero attached hydrogens (tertiary/aromatic N) is 2. The molecule has 0 bridgehead atoms. The summed E-state index contributed by atoms with van der Waals surface area (Å²) in [5.41, 5.74) is 3.13. The van der Waals surface area contributed by atoms with E-state index < -0.39 is 6.10 Å². The van der Waals surface area contributed by atoms with E-state index in [2.05, 4.69) is 17.2 Å². The Kier molecular flexibility index (Phi) is 5.91. The molecule has 0 spiro atoms. The van der Waals surface area contributed by atoms with Crippen LogP contribution in [0.4, 0.5) is 0 Å². The molecule has 0 aliphatic rings. The Balaban J connectivity index is 1.67. The van der Waals surface area contributed by atoms with Crippen molar-refractivity contribution in [3.05, 3.63) is 77.9 Å². The van der Waals surface area contributed by atoms with Crippen LogP contribution in [0.3, 0.4) is 0 Å². The maximum absolute atomic E-state index is 12.5. The highest BCUT2D eigenvalue weighted by atomic mass is 16.5. The summed E-state index contributed by atoms with van der Waals surface area (Å²) >= 11 is 0. The van der Waals surface area contributed by atoms with Gasteiger partial charge in [-0.25, -0.2) is 4.98 Å². The molecule has 2 aromatic carbocycles. The van der Waals surface area contributed by atoms with Gasteiger partial charge in [0, 0.05) is 18.9 Å². The van der Waals surface area contributed by atoms with E-state index in [4.69, 9.17) is 4.74 Å². The summed E-state index contributed by atoms with van der Waals surface area (Å²) in [5.74, 6) is 1.52. The Labute approximate surface area is 160 Å². The van der Waals surface area contributed by atoms with Crippen LogP contribution in [-0.4, -0.2) is 21.6 Å². The predicted molar refractivity (Wildman–Crippen MR) is 106 cm³/mol. The molecule has 5 nitrogen and oxygen atoms in total. The summed E-state index contributed by atoms with van der Waals surface area (Å²) < 4.78 is 7.89. The summed E-state index contributed by atoms with van der Waals surface area (Å²) in [4.78, 5) is 16.8. The second-order valence-corrected chi connectivity index (χ2v) is 6.41. The molecule has 0 aliphatic heterocycles. The van der Waals surface area contributed by atoms with Gasteiger partial charge in [-0.05, 0) is 43.5 Å². The van der Waals surface area contributed by atoms with Crippen LogP contribution in [0.25, 0.3) is 5.69 Å². The fourth-order valence-electron chi connectivity index (χ4n) is 3.01. The van der Waals surface area contributed by atoms with Crippen molar-refractivity contribution in [3.63, 3.8) is 0 Å². The Morgan fingerprint density at radius 3 is 2.56 bits per heavy atom. The standard InChI is InChI=1S/C22H25N3O2/c1-4-18-9-6-8-12-21(18)27-16(2)22(26)24-15-19-10-5-7-11-20(19)25-14-13-23-17(25)3/h5-14,16H,4,15H2,1-3H3,(H,24,26)/t16-/m1/s1. The van der Waals surface area contributed by atoms with Gasteiger partial charge in [-0.3, -0.25) is 4.79 Å². The van der Waals surface area contributed by atoms with Crippen LogP contribution in [0.5, 0.6) is 5.75 Å². The van der Waals surface area contributed by atoms with Gasteiger partial charge >= 0.3 is 0 Å². The molecule has 3 rings (SSSR count). The minimum atomic E-state index is -0.570. The topological polar surface area (TPSA) is 56.1 Å². The van der Waals surface area contributed by atoms with Gasteiger partial charge in [-0.1, -0.05) is 43.3 Å². The number of aromatic nitrogens is 2. The minimum Gasteiger partial charge on any atom is -0.481 e. The van der Waals surface area contributed by atoms with Gasteiger partial charge in [-0.2, -0.15) is 0 Å². The number of rotatable bonds is 7. The van der Waals surface area contributed by atoms with E-state index in [-0.39, 0.29) is 5.91 Å². The van der Waals surface area contributed by atoms with Gasteiger partial charge in [0.05, 0.1) is 5.69 Å². The normalized spacial score (nSPS) is 11.8. The summed E-state index contributed by atoms with van der Waals surface area (Å²) in [5, 5.41) is 2.98. The molecule has 1 aromatic heterocycles. The van der Waals surface area contributed by atoms with Crippen LogP contribution >= 0.6 is 0 Å². The van der Waals surface area contributed by atoms with E-state index in [1.54, 1.807) is 13.1 Å². The van der Waals surface area contributed by atoms with Crippen LogP contribution in [-0.2, 0) is 17.8 Å². The van der Waals surface area contributed by atoms with Crippen molar-refractivity contribution < 1.29 is 9.53 Å². The van der Waals surface area contributed by atoms with Crippen LogP contribution in [0.2, 0.25) is 0 Å². The number of benzene rings is 2. The number of para-hydroxylation sites is 2. The predicted octanol–water partition coefficient (Wildman–Crippen LogP) is 3.83.